The molecule has 2 aromatic heterocycles. The molecule has 0 unspecified atom stereocenters. The highest BCUT2D eigenvalue weighted by Gasteiger charge is 2.14. The number of nitrogens with two attached hydrogens (primary N) is 1. The van der Waals surface area contributed by atoms with Crippen molar-refractivity contribution in [2.45, 2.75) is 0 Å². The van der Waals surface area contributed by atoms with Gasteiger partial charge in [0.2, 0.25) is 0 Å². The largest absolute Gasteiger partial charge is 0.397 e. The van der Waals surface area contributed by atoms with Crippen LogP contribution in [0.25, 0.3) is 27.6 Å². The third-order valence-electron chi connectivity index (χ3n) is 3.59. The lowest BCUT2D eigenvalue weighted by atomic mass is 10.2. The highest BCUT2D eigenvalue weighted by Crippen LogP contribution is 2.33. The zero-order valence-corrected chi connectivity index (χ0v) is 10.8. The fourth-order valence-electron chi connectivity index (χ4n) is 2.75. The number of hydrogen-bond donors (Lipinski definition) is 1. The average molecular weight is 259 g/mol. The first-order chi connectivity index (χ1) is 9.86. The Labute approximate surface area is 116 Å². The van der Waals surface area contributed by atoms with Gasteiger partial charge in [0.25, 0.3) is 0 Å². The zero-order valence-electron chi connectivity index (χ0n) is 10.8. The van der Waals surface area contributed by atoms with E-state index in [9.17, 15) is 0 Å². The van der Waals surface area contributed by atoms with E-state index < -0.39 is 0 Å². The number of anilines is 1. The number of fused-ring (bicyclic) bond motifs is 3. The van der Waals surface area contributed by atoms with Gasteiger partial charge in [0.15, 0.2) is 0 Å². The molecule has 4 rings (SSSR count). The summed E-state index contributed by atoms with van der Waals surface area (Å²) < 4.78 is 2.12. The number of nitrogens with zero attached hydrogens (tertiary/aromatic N) is 2. The van der Waals surface area contributed by atoms with Crippen LogP contribution in [-0.2, 0) is 0 Å². The van der Waals surface area contributed by atoms with Crippen LogP contribution in [0.4, 0.5) is 5.69 Å². The Morgan fingerprint density at radius 1 is 0.800 bits per heavy atom. The van der Waals surface area contributed by atoms with Gasteiger partial charge in [-0.05, 0) is 30.3 Å². The smallest absolute Gasteiger partial charge is 0.145 e. The molecule has 3 nitrogen and oxygen atoms in total. The predicted octanol–water partition coefficient (Wildman–Crippen LogP) is 3.76. The van der Waals surface area contributed by atoms with E-state index >= 15 is 0 Å². The second-order valence-corrected chi connectivity index (χ2v) is 4.79. The van der Waals surface area contributed by atoms with Crippen LogP contribution >= 0.6 is 0 Å². The van der Waals surface area contributed by atoms with Gasteiger partial charge in [-0.15, -0.1) is 0 Å². The van der Waals surface area contributed by atoms with Gasteiger partial charge in [-0.25, -0.2) is 4.98 Å². The van der Waals surface area contributed by atoms with E-state index in [-0.39, 0.29) is 0 Å². The van der Waals surface area contributed by atoms with E-state index in [1.807, 2.05) is 42.6 Å². The zero-order chi connectivity index (χ0) is 13.5. The summed E-state index contributed by atoms with van der Waals surface area (Å²) in [6.07, 6.45) is 1.82. The Balaban J connectivity index is 2.27. The highest BCUT2D eigenvalue weighted by molar-refractivity contribution is 6.11. The Kier molecular flexibility index (Phi) is 2.27. The molecule has 0 aliphatic heterocycles. The summed E-state index contributed by atoms with van der Waals surface area (Å²) >= 11 is 0. The van der Waals surface area contributed by atoms with Gasteiger partial charge in [0.05, 0.1) is 11.2 Å². The maximum Gasteiger partial charge on any atom is 0.145 e. The standard InChI is InChI=1S/C17H13N3/c18-15-10-4-8-13-14-9-5-11-19-17(14)20(16(13)15)12-6-2-1-3-7-12/h1-11H,18H2. The Bertz CT molecular complexity index is 907. The molecule has 0 fully saturated rings. The normalized spacial score (nSPS) is 11.2. The summed E-state index contributed by atoms with van der Waals surface area (Å²) in [5, 5.41) is 2.26. The lowest BCUT2D eigenvalue weighted by Crippen LogP contribution is -1.97. The Morgan fingerprint density at radius 2 is 1.60 bits per heavy atom. The molecular weight excluding hydrogens is 246 g/mol. The van der Waals surface area contributed by atoms with E-state index in [1.165, 1.54) is 0 Å². The molecule has 0 saturated carbocycles. The summed E-state index contributed by atoms with van der Waals surface area (Å²) in [6.45, 7) is 0. The molecule has 0 amide bonds. The molecule has 2 aromatic carbocycles. The number of para-hydroxylation sites is 2. The van der Waals surface area contributed by atoms with Gasteiger partial charge in [-0.3, -0.25) is 4.57 Å². The second kappa shape index (κ2) is 4.10. The third-order valence-corrected chi connectivity index (χ3v) is 3.59. The van der Waals surface area contributed by atoms with E-state index in [0.717, 1.165) is 33.3 Å². The van der Waals surface area contributed by atoms with Gasteiger partial charge in [0.1, 0.15) is 5.65 Å². The quantitative estimate of drug-likeness (QED) is 0.529. The summed E-state index contributed by atoms with van der Waals surface area (Å²) in [5.74, 6) is 0. The van der Waals surface area contributed by atoms with Gasteiger partial charge >= 0.3 is 0 Å². The van der Waals surface area contributed by atoms with Crippen molar-refractivity contribution in [1.29, 1.82) is 0 Å². The second-order valence-electron chi connectivity index (χ2n) is 4.79. The molecule has 0 aliphatic carbocycles. The first kappa shape index (κ1) is 11.1. The molecular formula is C17H13N3. The van der Waals surface area contributed by atoms with E-state index in [2.05, 4.69) is 33.8 Å². The first-order valence-electron chi connectivity index (χ1n) is 6.55. The maximum atomic E-state index is 6.21. The molecule has 96 valence electrons. The molecule has 3 heteroatoms. The molecule has 2 heterocycles. The third kappa shape index (κ3) is 1.43. The number of rotatable bonds is 1. The predicted molar refractivity (Wildman–Crippen MR) is 83.0 cm³/mol. The monoisotopic (exact) mass is 259 g/mol. The van der Waals surface area contributed by atoms with E-state index in [4.69, 9.17) is 5.73 Å². The van der Waals surface area contributed by atoms with Crippen LogP contribution in [0.1, 0.15) is 0 Å². The van der Waals surface area contributed by atoms with Crippen molar-refractivity contribution in [2.75, 3.05) is 5.73 Å². The highest BCUT2D eigenvalue weighted by atomic mass is 15.1. The summed E-state index contributed by atoms with van der Waals surface area (Å²) in [6, 6.07) is 20.2. The van der Waals surface area contributed by atoms with E-state index in [0.29, 0.717) is 0 Å². The molecule has 0 saturated heterocycles. The molecule has 0 spiro atoms. The SMILES string of the molecule is Nc1cccc2c3cccnc3n(-c3ccccc3)c12. The van der Waals surface area contributed by atoms with Crippen molar-refractivity contribution in [3.05, 3.63) is 66.9 Å². The lowest BCUT2D eigenvalue weighted by molar-refractivity contribution is 1.14. The van der Waals surface area contributed by atoms with Crippen LogP contribution in [0.2, 0.25) is 0 Å². The van der Waals surface area contributed by atoms with Gasteiger partial charge in [-0.2, -0.15) is 0 Å². The molecule has 4 aromatic rings. The van der Waals surface area contributed by atoms with Crippen LogP contribution in [-0.4, -0.2) is 9.55 Å². The average Bonchev–Trinajstić information content (AvgIpc) is 2.84. The van der Waals surface area contributed by atoms with Crippen LogP contribution in [0, 0.1) is 0 Å². The summed E-state index contributed by atoms with van der Waals surface area (Å²) in [4.78, 5) is 4.54. The minimum atomic E-state index is 0.768. The first-order valence-corrected chi connectivity index (χ1v) is 6.55. The number of pyridine rings is 1. The molecule has 0 aliphatic rings. The van der Waals surface area contributed by atoms with Crippen LogP contribution < -0.4 is 5.73 Å². The number of nitrogen functional groups attached to an aromatic ring is 1. The minimum Gasteiger partial charge on any atom is -0.397 e. The number of benzene rings is 2. The fraction of sp³-hybridized carbons (Fsp3) is 0. The molecule has 0 radical (unpaired) electrons. The van der Waals surface area contributed by atoms with E-state index in [1.54, 1.807) is 0 Å². The molecule has 0 atom stereocenters. The van der Waals surface area contributed by atoms with Gasteiger partial charge < -0.3 is 5.73 Å². The van der Waals surface area contributed by atoms with Crippen molar-refractivity contribution in [3.8, 4) is 5.69 Å². The summed E-state index contributed by atoms with van der Waals surface area (Å²) in [7, 11) is 0. The van der Waals surface area contributed by atoms with Crippen LogP contribution in [0.5, 0.6) is 0 Å². The van der Waals surface area contributed by atoms with Crippen LogP contribution in [0.15, 0.2) is 66.9 Å². The van der Waals surface area contributed by atoms with Crippen LogP contribution in [0.3, 0.4) is 0 Å². The fourth-order valence-corrected chi connectivity index (χ4v) is 2.75. The van der Waals surface area contributed by atoms with Crippen molar-refractivity contribution < 1.29 is 0 Å². The Hall–Kier alpha value is -2.81. The van der Waals surface area contributed by atoms with Crippen molar-refractivity contribution in [2.24, 2.45) is 0 Å². The molecule has 0 bridgehead atoms. The van der Waals surface area contributed by atoms with Gasteiger partial charge in [0, 0.05) is 22.7 Å². The minimum absolute atomic E-state index is 0.768. The summed E-state index contributed by atoms with van der Waals surface area (Å²) in [5.41, 5.74) is 10.0. The Morgan fingerprint density at radius 3 is 2.45 bits per heavy atom. The van der Waals surface area contributed by atoms with Crippen molar-refractivity contribution in [1.82, 2.24) is 9.55 Å². The lowest BCUT2D eigenvalue weighted by Gasteiger charge is -2.07. The van der Waals surface area contributed by atoms with Crippen molar-refractivity contribution >= 4 is 27.6 Å². The van der Waals surface area contributed by atoms with Gasteiger partial charge in [-0.1, -0.05) is 30.3 Å². The molecule has 20 heavy (non-hydrogen) atoms. The number of hydrogen-bond acceptors (Lipinski definition) is 2. The number of aromatic nitrogens is 2. The molecule has 2 N–H and O–H groups in total. The maximum absolute atomic E-state index is 6.21. The topological polar surface area (TPSA) is 43.8 Å². The van der Waals surface area contributed by atoms with Crippen molar-refractivity contribution in [3.63, 3.8) is 0 Å².